The minimum Gasteiger partial charge on any atom is -0.389 e. The summed E-state index contributed by atoms with van der Waals surface area (Å²) >= 11 is 6.21. The monoisotopic (exact) mass is 453 g/mol. The molecule has 7 heteroatoms. The van der Waals surface area contributed by atoms with E-state index in [1.165, 1.54) is 18.5 Å². The molecule has 2 aromatic rings. The van der Waals surface area contributed by atoms with Crippen molar-refractivity contribution in [2.24, 2.45) is 0 Å². The van der Waals surface area contributed by atoms with Crippen LogP contribution in [0, 0.1) is 0 Å². The standard InChI is InChI=1S/C25H25ClFN3O2/c1-14-8-21(27)20(17-11-28-24(29-12-17)25(3,4)32)13-30(14)23-15(2)22(31)10-19(23)16-6-5-7-18(26)9-16/h5-9,11-13,19,22,31-32H,1,10H2,2-4H3. The zero-order valence-electron chi connectivity index (χ0n) is 18.2. The Morgan fingerprint density at radius 3 is 2.56 bits per heavy atom. The Hall–Kier alpha value is -2.80. The van der Waals surface area contributed by atoms with E-state index in [2.05, 4.69) is 16.5 Å². The molecule has 0 amide bonds. The van der Waals surface area contributed by atoms with Crippen LogP contribution in [0.15, 0.2) is 78.3 Å². The summed E-state index contributed by atoms with van der Waals surface area (Å²) in [6.07, 6.45) is 5.89. The predicted molar refractivity (Wildman–Crippen MR) is 123 cm³/mol. The lowest BCUT2D eigenvalue weighted by atomic mass is 9.94. The molecule has 0 radical (unpaired) electrons. The molecular weight excluding hydrogens is 429 g/mol. The van der Waals surface area contributed by atoms with Crippen LogP contribution >= 0.6 is 11.6 Å². The van der Waals surface area contributed by atoms with Crippen molar-refractivity contribution in [3.8, 4) is 0 Å². The summed E-state index contributed by atoms with van der Waals surface area (Å²) in [5.74, 6) is -0.329. The Morgan fingerprint density at radius 1 is 1.25 bits per heavy atom. The average Bonchev–Trinajstić information content (AvgIpc) is 3.02. The maximum atomic E-state index is 14.9. The second-order valence-electron chi connectivity index (χ2n) is 8.68. The molecule has 0 bridgehead atoms. The molecule has 2 N–H and O–H groups in total. The van der Waals surface area contributed by atoms with E-state index in [9.17, 15) is 14.6 Å². The summed E-state index contributed by atoms with van der Waals surface area (Å²) in [7, 11) is 0. The molecule has 0 saturated carbocycles. The van der Waals surface area contributed by atoms with Crippen LogP contribution in [-0.2, 0) is 5.60 Å². The predicted octanol–water partition coefficient (Wildman–Crippen LogP) is 5.20. The molecule has 2 aliphatic rings. The molecule has 0 spiro atoms. The van der Waals surface area contributed by atoms with Crippen molar-refractivity contribution < 1.29 is 14.6 Å². The summed E-state index contributed by atoms with van der Waals surface area (Å²) < 4.78 is 14.9. The molecule has 2 unspecified atom stereocenters. The summed E-state index contributed by atoms with van der Waals surface area (Å²) in [4.78, 5) is 10.2. The zero-order chi connectivity index (χ0) is 23.2. The number of aliphatic hydroxyl groups is 2. The van der Waals surface area contributed by atoms with Gasteiger partial charge < -0.3 is 15.1 Å². The van der Waals surface area contributed by atoms with Gasteiger partial charge in [-0.05, 0) is 56.5 Å². The number of hydrogen-bond donors (Lipinski definition) is 2. The normalized spacial score (nSPS) is 21.7. The molecule has 166 valence electrons. The zero-order valence-corrected chi connectivity index (χ0v) is 18.9. The van der Waals surface area contributed by atoms with Gasteiger partial charge in [-0.3, -0.25) is 0 Å². The van der Waals surface area contributed by atoms with Crippen molar-refractivity contribution in [1.82, 2.24) is 14.9 Å². The molecule has 1 aromatic carbocycles. The Labute approximate surface area is 191 Å². The third-order valence-electron chi connectivity index (χ3n) is 5.83. The van der Waals surface area contributed by atoms with Crippen molar-refractivity contribution in [2.45, 2.75) is 44.8 Å². The van der Waals surface area contributed by atoms with Crippen molar-refractivity contribution in [1.29, 1.82) is 0 Å². The number of rotatable bonds is 4. The summed E-state index contributed by atoms with van der Waals surface area (Å²) in [5, 5.41) is 21.3. The molecule has 1 aromatic heterocycles. The number of halogens is 2. The largest absolute Gasteiger partial charge is 0.389 e. The second kappa shape index (κ2) is 8.28. The number of allylic oxidation sites excluding steroid dienone is 4. The summed E-state index contributed by atoms with van der Waals surface area (Å²) in [6, 6.07) is 7.54. The third kappa shape index (κ3) is 4.13. The van der Waals surface area contributed by atoms with Gasteiger partial charge >= 0.3 is 0 Å². The minimum atomic E-state index is -1.19. The van der Waals surface area contributed by atoms with E-state index in [4.69, 9.17) is 11.6 Å². The molecule has 4 rings (SSSR count). The fourth-order valence-corrected chi connectivity index (χ4v) is 4.32. The van der Waals surface area contributed by atoms with Crippen LogP contribution in [0.1, 0.15) is 50.1 Å². The quantitative estimate of drug-likeness (QED) is 0.665. The van der Waals surface area contributed by atoms with Crippen LogP contribution in [0.5, 0.6) is 0 Å². The Bertz CT molecular complexity index is 1160. The van der Waals surface area contributed by atoms with Gasteiger partial charge in [0, 0.05) is 52.1 Å². The van der Waals surface area contributed by atoms with Crippen LogP contribution in [0.25, 0.3) is 5.57 Å². The fraction of sp³-hybridized carbons (Fsp3) is 0.280. The number of nitrogens with zero attached hydrogens (tertiary/aromatic N) is 3. The number of hydrogen-bond acceptors (Lipinski definition) is 5. The highest BCUT2D eigenvalue weighted by molar-refractivity contribution is 6.30. The first-order valence-electron chi connectivity index (χ1n) is 10.3. The highest BCUT2D eigenvalue weighted by Crippen LogP contribution is 2.45. The minimum absolute atomic E-state index is 0.124. The SMILES string of the molecule is C=C1C=C(F)C(c2cnc(C(C)(C)O)nc2)=CN1C1=C(C)C(O)CC1c1cccc(Cl)c1. The Balaban J connectivity index is 1.76. The molecule has 0 fully saturated rings. The second-order valence-corrected chi connectivity index (χ2v) is 9.11. The fourth-order valence-electron chi connectivity index (χ4n) is 4.12. The van der Waals surface area contributed by atoms with Crippen LogP contribution in [0.3, 0.4) is 0 Å². The van der Waals surface area contributed by atoms with Crippen LogP contribution in [-0.4, -0.2) is 31.2 Å². The Kier molecular flexibility index (Phi) is 5.79. The van der Waals surface area contributed by atoms with Crippen LogP contribution < -0.4 is 0 Å². The van der Waals surface area contributed by atoms with Gasteiger partial charge in [-0.15, -0.1) is 0 Å². The smallest absolute Gasteiger partial charge is 0.159 e. The van der Waals surface area contributed by atoms with Gasteiger partial charge in [0.2, 0.25) is 0 Å². The number of aliphatic hydroxyl groups excluding tert-OH is 1. The highest BCUT2D eigenvalue weighted by atomic mass is 35.5. The first-order valence-corrected chi connectivity index (χ1v) is 10.7. The lowest BCUT2D eigenvalue weighted by molar-refractivity contribution is 0.0686. The highest BCUT2D eigenvalue weighted by Gasteiger charge is 2.36. The lowest BCUT2D eigenvalue weighted by Crippen LogP contribution is -2.22. The first-order chi connectivity index (χ1) is 15.1. The van der Waals surface area contributed by atoms with Gasteiger partial charge in [0.15, 0.2) is 5.82 Å². The van der Waals surface area contributed by atoms with E-state index < -0.39 is 17.5 Å². The van der Waals surface area contributed by atoms with Gasteiger partial charge in [-0.25, -0.2) is 14.4 Å². The van der Waals surface area contributed by atoms with Gasteiger partial charge in [0.1, 0.15) is 11.4 Å². The maximum Gasteiger partial charge on any atom is 0.159 e. The van der Waals surface area contributed by atoms with E-state index in [0.717, 1.165) is 16.8 Å². The van der Waals surface area contributed by atoms with E-state index in [-0.39, 0.29) is 11.7 Å². The molecule has 1 aliphatic heterocycles. The van der Waals surface area contributed by atoms with Crippen molar-refractivity contribution in [2.75, 3.05) is 0 Å². The first kappa shape index (κ1) is 22.4. The van der Waals surface area contributed by atoms with E-state index >= 15 is 0 Å². The number of benzene rings is 1. The molecular formula is C25H25ClFN3O2. The van der Waals surface area contributed by atoms with Crippen LogP contribution in [0.2, 0.25) is 5.02 Å². The van der Waals surface area contributed by atoms with Crippen molar-refractivity contribution >= 4 is 17.2 Å². The molecule has 0 saturated heterocycles. The van der Waals surface area contributed by atoms with Gasteiger partial charge in [-0.1, -0.05) is 30.3 Å². The van der Waals surface area contributed by atoms with Crippen molar-refractivity contribution in [3.63, 3.8) is 0 Å². The van der Waals surface area contributed by atoms with Gasteiger partial charge in [-0.2, -0.15) is 0 Å². The average molecular weight is 454 g/mol. The molecule has 5 nitrogen and oxygen atoms in total. The molecule has 2 atom stereocenters. The lowest BCUT2D eigenvalue weighted by Gasteiger charge is -2.31. The van der Waals surface area contributed by atoms with E-state index in [1.807, 2.05) is 30.0 Å². The third-order valence-corrected chi connectivity index (χ3v) is 6.07. The molecule has 32 heavy (non-hydrogen) atoms. The number of aromatic nitrogens is 2. The van der Waals surface area contributed by atoms with Crippen LogP contribution in [0.4, 0.5) is 4.39 Å². The molecule has 2 heterocycles. The topological polar surface area (TPSA) is 69.5 Å². The van der Waals surface area contributed by atoms with E-state index in [0.29, 0.717) is 28.3 Å². The van der Waals surface area contributed by atoms with E-state index in [1.54, 1.807) is 26.1 Å². The van der Waals surface area contributed by atoms with Crippen molar-refractivity contribution in [3.05, 3.63) is 100 Å². The van der Waals surface area contributed by atoms with Gasteiger partial charge in [0.25, 0.3) is 0 Å². The summed E-state index contributed by atoms with van der Waals surface area (Å²) in [6.45, 7) is 9.08. The van der Waals surface area contributed by atoms with Gasteiger partial charge in [0.05, 0.1) is 6.10 Å². The maximum absolute atomic E-state index is 14.9. The summed E-state index contributed by atoms with van der Waals surface area (Å²) in [5.41, 5.74) is 2.65. The molecule has 1 aliphatic carbocycles. The Morgan fingerprint density at radius 2 is 1.94 bits per heavy atom.